The molecule has 1 aliphatic carbocycles. The van der Waals surface area contributed by atoms with Crippen molar-refractivity contribution >= 4 is 40.1 Å². The molecule has 2 aromatic heterocycles. The van der Waals surface area contributed by atoms with Gasteiger partial charge in [0.05, 0.1) is 10.9 Å². The van der Waals surface area contributed by atoms with Gasteiger partial charge >= 0.3 is 0 Å². The highest BCUT2D eigenvalue weighted by Crippen LogP contribution is 2.30. The number of nitrogens with one attached hydrogen (secondary N) is 3. The molecule has 2 aromatic carbocycles. The van der Waals surface area contributed by atoms with Crippen LogP contribution in [-0.4, -0.2) is 38.7 Å². The van der Waals surface area contributed by atoms with Gasteiger partial charge in [-0.05, 0) is 74.2 Å². The molecule has 0 bridgehead atoms. The number of amides is 1. The first-order valence-corrected chi connectivity index (χ1v) is 12.3. The van der Waals surface area contributed by atoms with E-state index in [1.54, 1.807) is 61.7 Å². The van der Waals surface area contributed by atoms with Gasteiger partial charge in [-0.3, -0.25) is 9.59 Å². The molecule has 1 saturated carbocycles. The van der Waals surface area contributed by atoms with E-state index in [-0.39, 0.29) is 23.8 Å². The average molecular weight is 504 g/mol. The Bertz CT molecular complexity index is 1380. The Morgan fingerprint density at radius 3 is 2.25 bits per heavy atom. The zero-order valence-corrected chi connectivity index (χ0v) is 20.5. The minimum absolute atomic E-state index is 0.00368. The summed E-state index contributed by atoms with van der Waals surface area (Å²) in [7, 11) is 0. The molecule has 2 heterocycles. The van der Waals surface area contributed by atoms with Gasteiger partial charge in [0.2, 0.25) is 5.91 Å². The molecule has 0 aliphatic heterocycles. The van der Waals surface area contributed by atoms with Crippen LogP contribution in [0.5, 0.6) is 11.5 Å². The smallest absolute Gasteiger partial charge is 0.217 e. The molecule has 5 rings (SSSR count). The second kappa shape index (κ2) is 10.4. The summed E-state index contributed by atoms with van der Waals surface area (Å²) in [5, 5.41) is 7.81. The molecule has 4 aromatic rings. The number of benzene rings is 2. The number of hydrogen-bond donors (Lipinski definition) is 3. The lowest BCUT2D eigenvalue weighted by molar-refractivity contribution is -0.119. The third-order valence-corrected chi connectivity index (χ3v) is 6.61. The van der Waals surface area contributed by atoms with Gasteiger partial charge in [-0.25, -0.2) is 9.97 Å². The van der Waals surface area contributed by atoms with Crippen LogP contribution in [0, 0.1) is 0 Å². The normalized spacial score (nSPS) is 17.5. The van der Waals surface area contributed by atoms with Crippen LogP contribution < -0.4 is 15.4 Å². The number of nitrogens with zero attached hydrogens (tertiary/aromatic N) is 2. The summed E-state index contributed by atoms with van der Waals surface area (Å²) < 4.78 is 5.83. The molecule has 3 N–H and O–H groups in total. The summed E-state index contributed by atoms with van der Waals surface area (Å²) >= 11 is 5.93. The van der Waals surface area contributed by atoms with Crippen LogP contribution in [0.4, 0.5) is 5.82 Å². The predicted molar refractivity (Wildman–Crippen MR) is 139 cm³/mol. The summed E-state index contributed by atoms with van der Waals surface area (Å²) in [6, 6.07) is 14.5. The number of carbonyl (C=O) groups is 2. The van der Waals surface area contributed by atoms with Crippen LogP contribution in [-0.2, 0) is 4.79 Å². The molecule has 36 heavy (non-hydrogen) atoms. The Labute approximate surface area is 213 Å². The van der Waals surface area contributed by atoms with Crippen LogP contribution >= 0.6 is 11.6 Å². The lowest BCUT2D eigenvalue weighted by atomic mass is 9.91. The monoisotopic (exact) mass is 503 g/mol. The molecule has 0 radical (unpaired) electrons. The van der Waals surface area contributed by atoms with Crippen LogP contribution in [0.3, 0.4) is 0 Å². The standard InChI is InChI=1S/C27H26ClN5O3/c1-16(34)32-19-6-8-20(9-7-19)33-27-24-23(14-29-26(24)30-15-31-27)25(35)17-2-10-21(11-3-17)36-22-12-4-18(28)5-13-22/h2-5,10-15,19-20H,6-9H2,1H3,(H,32,34)(H2,29,30,31,33)/t19-,20+. The summed E-state index contributed by atoms with van der Waals surface area (Å²) in [6.45, 7) is 1.55. The number of anilines is 1. The van der Waals surface area contributed by atoms with Crippen molar-refractivity contribution in [1.82, 2.24) is 20.3 Å². The quantitative estimate of drug-likeness (QED) is 0.287. The molecule has 1 aliphatic rings. The Balaban J connectivity index is 1.32. The summed E-state index contributed by atoms with van der Waals surface area (Å²) in [5.74, 6) is 1.79. The fourth-order valence-electron chi connectivity index (χ4n) is 4.58. The number of H-pyrrole nitrogens is 1. The Morgan fingerprint density at radius 1 is 0.944 bits per heavy atom. The van der Waals surface area contributed by atoms with Crippen LogP contribution in [0.15, 0.2) is 61.1 Å². The number of carbonyl (C=O) groups excluding carboxylic acids is 2. The Morgan fingerprint density at radius 2 is 1.58 bits per heavy atom. The van der Waals surface area contributed by atoms with Crippen LogP contribution in [0.25, 0.3) is 11.0 Å². The van der Waals surface area contributed by atoms with Gasteiger partial charge in [-0.1, -0.05) is 11.6 Å². The lowest BCUT2D eigenvalue weighted by Crippen LogP contribution is -2.39. The molecular weight excluding hydrogens is 478 g/mol. The van der Waals surface area contributed by atoms with E-state index in [1.165, 1.54) is 6.33 Å². The minimum atomic E-state index is -0.133. The molecule has 184 valence electrons. The molecule has 0 atom stereocenters. The first-order valence-electron chi connectivity index (χ1n) is 11.9. The minimum Gasteiger partial charge on any atom is -0.457 e. The first-order chi connectivity index (χ1) is 17.5. The highest BCUT2D eigenvalue weighted by atomic mass is 35.5. The Kier molecular flexibility index (Phi) is 6.86. The predicted octanol–water partition coefficient (Wildman–Crippen LogP) is 5.49. The average Bonchev–Trinajstić information content (AvgIpc) is 3.32. The van der Waals surface area contributed by atoms with Crippen molar-refractivity contribution < 1.29 is 14.3 Å². The third-order valence-electron chi connectivity index (χ3n) is 6.36. The van der Waals surface area contributed by atoms with E-state index in [4.69, 9.17) is 16.3 Å². The van der Waals surface area contributed by atoms with Crippen molar-refractivity contribution in [2.75, 3.05) is 5.32 Å². The summed E-state index contributed by atoms with van der Waals surface area (Å²) in [4.78, 5) is 36.6. The van der Waals surface area contributed by atoms with Gasteiger partial charge in [-0.2, -0.15) is 0 Å². The molecule has 1 amide bonds. The van der Waals surface area contributed by atoms with E-state index in [2.05, 4.69) is 25.6 Å². The van der Waals surface area contributed by atoms with Crippen LogP contribution in [0.1, 0.15) is 48.5 Å². The highest BCUT2D eigenvalue weighted by molar-refractivity contribution is 6.30. The summed E-state index contributed by atoms with van der Waals surface area (Å²) in [5.41, 5.74) is 1.64. The summed E-state index contributed by atoms with van der Waals surface area (Å²) in [6.07, 6.45) is 6.77. The second-order valence-corrected chi connectivity index (χ2v) is 9.39. The Hall–Kier alpha value is -3.91. The first kappa shape index (κ1) is 23.8. The molecule has 1 fully saturated rings. The molecule has 9 heteroatoms. The number of fused-ring (bicyclic) bond motifs is 1. The maximum atomic E-state index is 13.4. The second-order valence-electron chi connectivity index (χ2n) is 8.95. The van der Waals surface area contributed by atoms with Gasteiger partial charge in [-0.15, -0.1) is 0 Å². The molecular formula is C27H26ClN5O3. The zero-order valence-electron chi connectivity index (χ0n) is 19.8. The van der Waals surface area contributed by atoms with Crippen molar-refractivity contribution in [3.05, 3.63) is 77.2 Å². The largest absolute Gasteiger partial charge is 0.457 e. The number of aromatic amines is 1. The van der Waals surface area contributed by atoms with Gasteiger partial charge in [0.25, 0.3) is 0 Å². The van der Waals surface area contributed by atoms with Gasteiger partial charge < -0.3 is 20.4 Å². The maximum Gasteiger partial charge on any atom is 0.217 e. The van der Waals surface area contributed by atoms with Crippen molar-refractivity contribution in [1.29, 1.82) is 0 Å². The van der Waals surface area contributed by atoms with E-state index in [9.17, 15) is 9.59 Å². The number of halogens is 1. The fourth-order valence-corrected chi connectivity index (χ4v) is 4.71. The fraction of sp³-hybridized carbons (Fsp3) is 0.259. The van der Waals surface area contributed by atoms with E-state index >= 15 is 0 Å². The molecule has 8 nitrogen and oxygen atoms in total. The third kappa shape index (κ3) is 5.33. The van der Waals surface area contributed by atoms with E-state index < -0.39 is 0 Å². The van der Waals surface area contributed by atoms with Crippen LogP contribution in [0.2, 0.25) is 5.02 Å². The van der Waals surface area contributed by atoms with E-state index in [0.29, 0.717) is 44.5 Å². The number of ketones is 1. The highest BCUT2D eigenvalue weighted by Gasteiger charge is 2.24. The van der Waals surface area contributed by atoms with Crippen molar-refractivity contribution in [3.8, 4) is 11.5 Å². The maximum absolute atomic E-state index is 13.4. The number of rotatable bonds is 7. The van der Waals surface area contributed by atoms with E-state index in [1.807, 2.05) is 0 Å². The molecule has 0 unspecified atom stereocenters. The number of hydrogen-bond acceptors (Lipinski definition) is 6. The van der Waals surface area contributed by atoms with E-state index in [0.717, 1.165) is 25.7 Å². The molecule has 0 saturated heterocycles. The van der Waals surface area contributed by atoms with Crippen molar-refractivity contribution in [2.45, 2.75) is 44.7 Å². The zero-order chi connectivity index (χ0) is 25.1. The topological polar surface area (TPSA) is 109 Å². The van der Waals surface area contributed by atoms with Crippen molar-refractivity contribution in [2.24, 2.45) is 0 Å². The lowest BCUT2D eigenvalue weighted by Gasteiger charge is -2.29. The number of ether oxygens (including phenoxy) is 1. The van der Waals surface area contributed by atoms with Gasteiger partial charge in [0.1, 0.15) is 29.3 Å². The van der Waals surface area contributed by atoms with Gasteiger partial charge in [0, 0.05) is 35.8 Å². The number of aromatic nitrogens is 3. The molecule has 0 spiro atoms. The van der Waals surface area contributed by atoms with Gasteiger partial charge in [0.15, 0.2) is 5.78 Å². The SMILES string of the molecule is CC(=O)N[C@H]1CC[C@@H](Nc2ncnc3[nH]cc(C(=O)c4ccc(Oc5ccc(Cl)cc5)cc4)c23)CC1. The van der Waals surface area contributed by atoms with Crippen molar-refractivity contribution in [3.63, 3.8) is 0 Å².